The van der Waals surface area contributed by atoms with Crippen LogP contribution in [0.15, 0.2) is 54.6 Å². The number of nitrogens with one attached hydrogen (secondary N) is 1. The first-order valence-corrected chi connectivity index (χ1v) is 6.36. The Morgan fingerprint density at radius 3 is 2.00 bits per heavy atom. The van der Waals surface area contributed by atoms with Crippen LogP contribution in [0.2, 0.25) is 0 Å². The van der Waals surface area contributed by atoms with Crippen molar-refractivity contribution in [3.8, 4) is 0 Å². The molecule has 0 unspecified atom stereocenters. The van der Waals surface area contributed by atoms with Gasteiger partial charge in [-0.05, 0) is 48.5 Å². The number of carbonyl (C=O) groups is 2. The largest absolute Gasteiger partial charge is 0.507 e. The number of nitrogens with two attached hydrogens (primary N) is 1. The maximum atomic E-state index is 11.8. The molecule has 0 aliphatic carbocycles. The molecule has 0 radical (unpaired) electrons. The van der Waals surface area contributed by atoms with Crippen LogP contribution in [0.5, 0.6) is 0 Å². The first-order chi connectivity index (χ1) is 10.5. The average molecular weight is 298 g/mol. The highest BCUT2D eigenvalue weighted by Gasteiger charge is 2.05. The fraction of sp³-hybridized carbons (Fsp3) is 0. The molecule has 22 heavy (non-hydrogen) atoms. The maximum absolute atomic E-state index is 11.8. The molecule has 6 nitrogen and oxygen atoms in total. The number of rotatable bonds is 4. The van der Waals surface area contributed by atoms with Gasteiger partial charge < -0.3 is 21.3 Å². The molecule has 0 bridgehead atoms. The third-order valence-electron chi connectivity index (χ3n) is 2.87. The Morgan fingerprint density at radius 1 is 0.909 bits per heavy atom. The van der Waals surface area contributed by atoms with Crippen LogP contribution in [0.4, 0.5) is 11.4 Å². The highest BCUT2D eigenvalue weighted by atomic mass is 16.4. The fourth-order valence-corrected chi connectivity index (χ4v) is 1.74. The number of aliphatic hydroxyl groups is 1. The van der Waals surface area contributed by atoms with Crippen molar-refractivity contribution in [1.82, 2.24) is 0 Å². The molecule has 0 saturated carbocycles. The molecule has 6 heteroatoms. The molecule has 2 aromatic carbocycles. The van der Waals surface area contributed by atoms with Gasteiger partial charge in [-0.25, -0.2) is 4.79 Å². The number of carboxylic acids is 1. The number of hydrogen-bond acceptors (Lipinski definition) is 4. The van der Waals surface area contributed by atoms with E-state index in [2.05, 4.69) is 5.32 Å². The Bertz CT molecular complexity index is 719. The van der Waals surface area contributed by atoms with Crippen molar-refractivity contribution in [3.05, 3.63) is 65.7 Å². The van der Waals surface area contributed by atoms with Gasteiger partial charge in [-0.2, -0.15) is 0 Å². The molecule has 1 amide bonds. The lowest BCUT2D eigenvalue weighted by Gasteiger charge is -2.04. The fourth-order valence-electron chi connectivity index (χ4n) is 1.74. The summed E-state index contributed by atoms with van der Waals surface area (Å²) in [5.74, 6) is -1.77. The van der Waals surface area contributed by atoms with Gasteiger partial charge in [0.25, 0.3) is 5.91 Å². The summed E-state index contributed by atoms with van der Waals surface area (Å²) in [6.07, 6.45) is 1.04. The first kappa shape index (κ1) is 15.1. The summed E-state index contributed by atoms with van der Waals surface area (Å²) in [7, 11) is 0. The SMILES string of the molecule is Nc1ccc(C(O)=CC(=O)Nc2ccc(C(=O)O)cc2)cc1. The monoisotopic (exact) mass is 298 g/mol. The van der Waals surface area contributed by atoms with Crippen molar-refractivity contribution in [2.75, 3.05) is 11.1 Å². The Kier molecular flexibility index (Phi) is 4.43. The zero-order valence-electron chi connectivity index (χ0n) is 11.5. The zero-order chi connectivity index (χ0) is 16.1. The molecule has 2 rings (SSSR count). The standard InChI is InChI=1S/C16H14N2O4/c17-12-5-1-10(2-6-12)14(19)9-15(20)18-13-7-3-11(4-8-13)16(21)22/h1-9,19H,17H2,(H,18,20)(H,21,22). The van der Waals surface area contributed by atoms with E-state index in [0.29, 0.717) is 16.9 Å². The molecule has 0 atom stereocenters. The van der Waals surface area contributed by atoms with Crippen LogP contribution in [0.25, 0.3) is 5.76 Å². The number of amides is 1. The van der Waals surface area contributed by atoms with E-state index in [-0.39, 0.29) is 11.3 Å². The number of nitrogen functional groups attached to an aromatic ring is 1. The van der Waals surface area contributed by atoms with Crippen LogP contribution in [-0.2, 0) is 4.79 Å². The quantitative estimate of drug-likeness (QED) is 0.393. The summed E-state index contributed by atoms with van der Waals surface area (Å²) in [6.45, 7) is 0. The molecule has 0 aliphatic heterocycles. The summed E-state index contributed by atoms with van der Waals surface area (Å²) in [5.41, 5.74) is 7.11. The number of carbonyl (C=O) groups excluding carboxylic acids is 1. The van der Waals surface area contributed by atoms with Gasteiger partial charge in [-0.3, -0.25) is 4.79 Å². The molecule has 0 fully saturated rings. The summed E-state index contributed by atoms with van der Waals surface area (Å²) in [6, 6.07) is 12.1. The van der Waals surface area contributed by atoms with Gasteiger partial charge >= 0.3 is 5.97 Å². The first-order valence-electron chi connectivity index (χ1n) is 6.36. The van der Waals surface area contributed by atoms with Crippen LogP contribution >= 0.6 is 0 Å². The van der Waals surface area contributed by atoms with Crippen LogP contribution in [0, 0.1) is 0 Å². The predicted octanol–water partition coefficient (Wildman–Crippen LogP) is 2.50. The van der Waals surface area contributed by atoms with Crippen LogP contribution in [0.3, 0.4) is 0 Å². The lowest BCUT2D eigenvalue weighted by molar-refractivity contribution is -0.111. The van der Waals surface area contributed by atoms with Gasteiger partial charge in [0.2, 0.25) is 0 Å². The van der Waals surface area contributed by atoms with Gasteiger partial charge in [0, 0.05) is 23.0 Å². The molecule has 2 aromatic rings. The second kappa shape index (κ2) is 6.45. The Labute approximate surface area is 126 Å². The second-order valence-electron chi connectivity index (χ2n) is 4.52. The maximum Gasteiger partial charge on any atom is 0.335 e. The number of aromatic carboxylic acids is 1. The van der Waals surface area contributed by atoms with Crippen molar-refractivity contribution >= 4 is 29.0 Å². The highest BCUT2D eigenvalue weighted by Crippen LogP contribution is 2.14. The number of benzene rings is 2. The van der Waals surface area contributed by atoms with E-state index in [1.807, 2.05) is 0 Å². The molecular formula is C16H14N2O4. The Balaban J connectivity index is 2.06. The van der Waals surface area contributed by atoms with Crippen molar-refractivity contribution < 1.29 is 19.8 Å². The summed E-state index contributed by atoms with van der Waals surface area (Å²) in [5, 5.41) is 21.2. The van der Waals surface area contributed by atoms with E-state index in [4.69, 9.17) is 10.8 Å². The summed E-state index contributed by atoms with van der Waals surface area (Å²) in [4.78, 5) is 22.5. The Hall–Kier alpha value is -3.28. The van der Waals surface area contributed by atoms with E-state index < -0.39 is 11.9 Å². The van der Waals surface area contributed by atoms with Crippen LogP contribution in [0.1, 0.15) is 15.9 Å². The normalized spacial score (nSPS) is 11.0. The minimum atomic E-state index is -1.04. The predicted molar refractivity (Wildman–Crippen MR) is 83.5 cm³/mol. The van der Waals surface area contributed by atoms with E-state index >= 15 is 0 Å². The summed E-state index contributed by atoms with van der Waals surface area (Å²) >= 11 is 0. The topological polar surface area (TPSA) is 113 Å². The van der Waals surface area contributed by atoms with E-state index in [1.165, 1.54) is 24.3 Å². The molecule has 112 valence electrons. The van der Waals surface area contributed by atoms with Crippen molar-refractivity contribution in [1.29, 1.82) is 0 Å². The van der Waals surface area contributed by atoms with E-state index in [0.717, 1.165) is 6.08 Å². The molecular weight excluding hydrogens is 284 g/mol. The van der Waals surface area contributed by atoms with Gasteiger partial charge in [-0.15, -0.1) is 0 Å². The molecule has 0 heterocycles. The van der Waals surface area contributed by atoms with Crippen LogP contribution in [-0.4, -0.2) is 22.1 Å². The van der Waals surface area contributed by atoms with Gasteiger partial charge in [0.15, 0.2) is 0 Å². The Morgan fingerprint density at radius 2 is 1.45 bits per heavy atom. The number of hydrogen-bond donors (Lipinski definition) is 4. The number of anilines is 2. The average Bonchev–Trinajstić information content (AvgIpc) is 2.48. The van der Waals surface area contributed by atoms with Gasteiger partial charge in [0.05, 0.1) is 5.56 Å². The lowest BCUT2D eigenvalue weighted by Crippen LogP contribution is -2.09. The van der Waals surface area contributed by atoms with Crippen LogP contribution < -0.4 is 11.1 Å². The zero-order valence-corrected chi connectivity index (χ0v) is 11.5. The van der Waals surface area contributed by atoms with Gasteiger partial charge in [0.1, 0.15) is 5.76 Å². The molecule has 0 aromatic heterocycles. The van der Waals surface area contributed by atoms with E-state index in [1.54, 1.807) is 24.3 Å². The number of aliphatic hydroxyl groups excluding tert-OH is 1. The van der Waals surface area contributed by atoms with Crippen molar-refractivity contribution in [3.63, 3.8) is 0 Å². The van der Waals surface area contributed by atoms with Crippen molar-refractivity contribution in [2.24, 2.45) is 0 Å². The molecule has 0 saturated heterocycles. The smallest absolute Gasteiger partial charge is 0.335 e. The molecule has 0 spiro atoms. The molecule has 5 N–H and O–H groups in total. The van der Waals surface area contributed by atoms with Gasteiger partial charge in [-0.1, -0.05) is 0 Å². The molecule has 0 aliphatic rings. The summed E-state index contributed by atoms with van der Waals surface area (Å²) < 4.78 is 0. The minimum Gasteiger partial charge on any atom is -0.507 e. The third kappa shape index (κ3) is 3.86. The van der Waals surface area contributed by atoms with E-state index in [9.17, 15) is 14.7 Å². The lowest BCUT2D eigenvalue weighted by atomic mass is 10.1. The second-order valence-corrected chi connectivity index (χ2v) is 4.52. The highest BCUT2D eigenvalue weighted by molar-refractivity contribution is 6.03. The minimum absolute atomic E-state index is 0.123. The third-order valence-corrected chi connectivity index (χ3v) is 2.87. The van der Waals surface area contributed by atoms with Crippen molar-refractivity contribution in [2.45, 2.75) is 0 Å². The number of carboxylic acid groups (broad SMARTS) is 1.